The summed E-state index contributed by atoms with van der Waals surface area (Å²) in [6.45, 7) is 3.73. The molecule has 0 fully saturated rings. The molecule has 2 amide bonds. The molecular formula is C36H32F2N8O6. The molecule has 2 aliphatic rings. The molecule has 6 aromatic rings. The van der Waals surface area contributed by atoms with E-state index in [0.717, 1.165) is 0 Å². The number of halogens is 2. The molecule has 2 aliphatic heterocycles. The summed E-state index contributed by atoms with van der Waals surface area (Å²) in [5.41, 5.74) is 1.97. The molecule has 266 valence electrons. The van der Waals surface area contributed by atoms with Gasteiger partial charge in [0.1, 0.15) is 53.1 Å². The molecule has 16 heteroatoms. The van der Waals surface area contributed by atoms with E-state index in [2.05, 4.69) is 20.2 Å². The van der Waals surface area contributed by atoms with E-state index in [9.17, 15) is 18.4 Å². The second-order valence-electron chi connectivity index (χ2n) is 12.7. The lowest BCUT2D eigenvalue weighted by Crippen LogP contribution is -2.34. The highest BCUT2D eigenvalue weighted by Gasteiger charge is 2.31. The van der Waals surface area contributed by atoms with Crippen molar-refractivity contribution >= 4 is 23.1 Å². The molecule has 6 heterocycles. The zero-order valence-electron chi connectivity index (χ0n) is 28.5. The molecule has 14 nitrogen and oxygen atoms in total. The first kappa shape index (κ1) is 32.9. The number of hydrogen-bond acceptors (Lipinski definition) is 10. The summed E-state index contributed by atoms with van der Waals surface area (Å²) in [4.78, 5) is 39.9. The van der Waals surface area contributed by atoms with E-state index in [0.29, 0.717) is 22.6 Å². The summed E-state index contributed by atoms with van der Waals surface area (Å²) >= 11 is 0. The van der Waals surface area contributed by atoms with Crippen molar-refractivity contribution in [3.63, 3.8) is 0 Å². The number of rotatable bonds is 1. The van der Waals surface area contributed by atoms with Gasteiger partial charge in [-0.25, -0.2) is 17.8 Å². The van der Waals surface area contributed by atoms with Crippen molar-refractivity contribution in [3.8, 4) is 23.3 Å². The summed E-state index contributed by atoms with van der Waals surface area (Å²) in [5, 5.41) is 8.84. The lowest BCUT2D eigenvalue weighted by Gasteiger charge is -2.27. The van der Waals surface area contributed by atoms with E-state index in [-0.39, 0.29) is 65.5 Å². The molecule has 0 aliphatic carbocycles. The topological polar surface area (TPSA) is 138 Å². The van der Waals surface area contributed by atoms with Crippen molar-refractivity contribution in [2.75, 3.05) is 33.8 Å². The van der Waals surface area contributed by atoms with Gasteiger partial charge in [-0.2, -0.15) is 20.2 Å². The number of likely N-dealkylation sites (N-methyl/N-ethyl adjacent to an activating group) is 2. The van der Waals surface area contributed by atoms with Gasteiger partial charge in [-0.1, -0.05) is 0 Å². The number of amides is 2. The number of ether oxygens (including phenoxy) is 4. The predicted molar refractivity (Wildman–Crippen MR) is 180 cm³/mol. The van der Waals surface area contributed by atoms with E-state index in [4.69, 9.17) is 18.9 Å². The van der Waals surface area contributed by atoms with Crippen LogP contribution < -0.4 is 18.9 Å². The second kappa shape index (κ2) is 12.8. The second-order valence-corrected chi connectivity index (χ2v) is 12.7. The van der Waals surface area contributed by atoms with Crippen LogP contribution in [0.25, 0.3) is 11.3 Å². The summed E-state index contributed by atoms with van der Waals surface area (Å²) < 4.78 is 57.4. The first-order valence-corrected chi connectivity index (χ1v) is 16.5. The molecule has 0 saturated heterocycles. The van der Waals surface area contributed by atoms with Gasteiger partial charge in [0.05, 0.1) is 31.2 Å². The minimum Gasteiger partial charge on any atom is -0.491 e. The van der Waals surface area contributed by atoms with E-state index in [1.807, 2.05) is 0 Å². The van der Waals surface area contributed by atoms with Crippen LogP contribution in [-0.4, -0.2) is 84.6 Å². The number of benzene rings is 2. The smallest absolute Gasteiger partial charge is 0.259 e. The van der Waals surface area contributed by atoms with Gasteiger partial charge >= 0.3 is 0 Å². The fourth-order valence-electron chi connectivity index (χ4n) is 6.36. The molecule has 3 atom stereocenters. The van der Waals surface area contributed by atoms with Crippen LogP contribution in [0.3, 0.4) is 0 Å². The molecule has 4 bridgehead atoms. The predicted octanol–water partition coefficient (Wildman–Crippen LogP) is 5.00. The number of carbonyl (C=O) groups excluding carboxylic acids is 2. The van der Waals surface area contributed by atoms with Crippen LogP contribution in [0, 0.1) is 11.6 Å². The van der Waals surface area contributed by atoms with Gasteiger partial charge < -0.3 is 28.7 Å². The number of hydrogen-bond donors (Lipinski definition) is 0. The van der Waals surface area contributed by atoms with E-state index < -0.39 is 35.9 Å². The SMILES string of the molecule is CC1Oc2ccn3ncc(c3n2)C(=O)N(C)CC(c2cc3nc4c(cnn24)C(=O)N(C)CCOc2ccc(F)cc2[C@@H](C)O3)Oc2ccc(F)cc21. The molecule has 0 spiro atoms. The average molecular weight is 711 g/mol. The Kier molecular flexibility index (Phi) is 8.07. The molecule has 0 radical (unpaired) electrons. The molecule has 52 heavy (non-hydrogen) atoms. The summed E-state index contributed by atoms with van der Waals surface area (Å²) in [7, 11) is 3.23. The van der Waals surface area contributed by atoms with Gasteiger partial charge in [0.2, 0.25) is 11.8 Å². The molecule has 2 unspecified atom stereocenters. The highest BCUT2D eigenvalue weighted by molar-refractivity contribution is 6.00. The largest absolute Gasteiger partial charge is 0.491 e. The Hall–Kier alpha value is -6.32. The van der Waals surface area contributed by atoms with E-state index in [1.165, 1.54) is 67.6 Å². The van der Waals surface area contributed by atoms with Crippen LogP contribution >= 0.6 is 0 Å². The molecule has 2 aromatic carbocycles. The minimum atomic E-state index is -1.01. The lowest BCUT2D eigenvalue weighted by atomic mass is 10.1. The quantitative estimate of drug-likeness (QED) is 0.229. The number of fused-ring (bicyclic) bond motifs is 4. The molecule has 8 rings (SSSR count). The van der Waals surface area contributed by atoms with Crippen molar-refractivity contribution in [2.45, 2.75) is 32.2 Å². The third-order valence-electron chi connectivity index (χ3n) is 9.11. The van der Waals surface area contributed by atoms with Gasteiger partial charge in [-0.05, 0) is 50.2 Å². The van der Waals surface area contributed by atoms with Gasteiger partial charge in [-0.15, -0.1) is 0 Å². The molecule has 4 aromatic heterocycles. The van der Waals surface area contributed by atoms with Gasteiger partial charge in [0, 0.05) is 43.6 Å². The monoisotopic (exact) mass is 710 g/mol. The lowest BCUT2D eigenvalue weighted by molar-refractivity contribution is 0.0703. The van der Waals surface area contributed by atoms with Crippen molar-refractivity contribution in [1.82, 2.24) is 39.0 Å². The van der Waals surface area contributed by atoms with Gasteiger partial charge in [-0.3, -0.25) is 9.59 Å². The van der Waals surface area contributed by atoms with E-state index in [1.54, 1.807) is 46.3 Å². The molecule has 0 saturated carbocycles. The molecule has 0 N–H and O–H groups in total. The Morgan fingerprint density at radius 1 is 0.731 bits per heavy atom. The van der Waals surface area contributed by atoms with Crippen molar-refractivity contribution in [3.05, 3.63) is 107 Å². The van der Waals surface area contributed by atoms with E-state index >= 15 is 0 Å². The van der Waals surface area contributed by atoms with Crippen molar-refractivity contribution < 1.29 is 37.3 Å². The zero-order valence-corrected chi connectivity index (χ0v) is 28.5. The van der Waals surface area contributed by atoms with Crippen LogP contribution in [-0.2, 0) is 0 Å². The Labute approximate surface area is 295 Å². The maximum Gasteiger partial charge on any atom is 0.259 e. The first-order valence-electron chi connectivity index (χ1n) is 16.5. The Bertz CT molecular complexity index is 2380. The summed E-state index contributed by atoms with van der Waals surface area (Å²) in [6, 6.07) is 11.4. The van der Waals surface area contributed by atoms with Gasteiger partial charge in [0.25, 0.3) is 11.8 Å². The maximum absolute atomic E-state index is 14.8. The van der Waals surface area contributed by atoms with Crippen LogP contribution in [0.5, 0.6) is 23.3 Å². The van der Waals surface area contributed by atoms with Crippen LogP contribution in [0.15, 0.2) is 67.1 Å². The van der Waals surface area contributed by atoms with Gasteiger partial charge in [0.15, 0.2) is 17.4 Å². The third kappa shape index (κ3) is 5.84. The standard InChI is InChI=1S/C36H32F2N8O6/c1-19-23-13-21(37)5-7-28(23)49-12-11-43(3)35(47)26-17-40-46-27(15-32(51-19)42-34(26)46)30-18-44(4)36(48)25-16-39-45-10-9-31(41-33(25)45)50-20(2)24-14-22(38)6-8-29(24)52-30/h5-10,13-17,19-20,30H,11-12,18H2,1-4H3/t19-,20?,30?/m1/s1. The van der Waals surface area contributed by atoms with Crippen LogP contribution in [0.4, 0.5) is 8.78 Å². The highest BCUT2D eigenvalue weighted by atomic mass is 19.1. The van der Waals surface area contributed by atoms with Crippen molar-refractivity contribution in [1.29, 1.82) is 0 Å². The van der Waals surface area contributed by atoms with Crippen LogP contribution in [0.1, 0.15) is 69.7 Å². The maximum atomic E-state index is 14.8. The number of carbonyl (C=O) groups is 2. The zero-order chi connectivity index (χ0) is 36.3. The minimum absolute atomic E-state index is 0.0664. The Balaban J connectivity index is 1.31. The Morgan fingerprint density at radius 3 is 2.13 bits per heavy atom. The normalized spacial score (nSPS) is 19.5. The fraction of sp³-hybridized carbons (Fsp3) is 0.278. The highest BCUT2D eigenvalue weighted by Crippen LogP contribution is 2.36. The van der Waals surface area contributed by atoms with Crippen molar-refractivity contribution in [2.24, 2.45) is 0 Å². The number of aromatic nitrogens is 6. The molecular weight excluding hydrogens is 678 g/mol. The number of nitrogens with zero attached hydrogens (tertiary/aromatic N) is 8. The van der Waals surface area contributed by atoms with Crippen LogP contribution in [0.2, 0.25) is 0 Å². The average Bonchev–Trinajstić information content (AvgIpc) is 3.75. The first-order chi connectivity index (χ1) is 25.0. The summed E-state index contributed by atoms with van der Waals surface area (Å²) in [6.07, 6.45) is 1.93. The Morgan fingerprint density at radius 2 is 1.37 bits per heavy atom. The fourth-order valence-corrected chi connectivity index (χ4v) is 6.36. The third-order valence-corrected chi connectivity index (χ3v) is 9.11. The summed E-state index contributed by atoms with van der Waals surface area (Å²) in [5.74, 6) is -0.861.